The summed E-state index contributed by atoms with van der Waals surface area (Å²) in [6, 6.07) is 12.0. The summed E-state index contributed by atoms with van der Waals surface area (Å²) < 4.78 is 27.6. The smallest absolute Gasteiger partial charge is 0.239 e. The van der Waals surface area contributed by atoms with Gasteiger partial charge in [-0.2, -0.15) is 0 Å². The standard InChI is InChI=1S/C33H39N3O8/c1-19(37)36-24-10-8-21-16-29(42-4)32(43-5)33(44-6)31(21)22-9-11-25(26(38)17-23(22)24)35-18-30(39)34-14-13-20-7-12-27(40-2)28(15-20)41-3/h7,9,11-12,15-17,24H,8,10,13-14,18H2,1-6H3,(H,34,39)(H,35,38)(H,36,37). The van der Waals surface area contributed by atoms with E-state index in [-0.39, 0.29) is 29.5 Å². The number of amides is 2. The zero-order valence-electron chi connectivity index (χ0n) is 25.9. The van der Waals surface area contributed by atoms with Crippen LogP contribution in [-0.2, 0) is 22.4 Å². The van der Waals surface area contributed by atoms with Gasteiger partial charge in [-0.25, -0.2) is 0 Å². The molecule has 0 bridgehead atoms. The first-order chi connectivity index (χ1) is 21.2. The lowest BCUT2D eigenvalue weighted by molar-refractivity contribution is -0.120. The van der Waals surface area contributed by atoms with Crippen LogP contribution in [0.25, 0.3) is 11.1 Å². The molecular weight excluding hydrogens is 566 g/mol. The fraction of sp³-hybridized carbons (Fsp3) is 0.364. The van der Waals surface area contributed by atoms with Crippen molar-refractivity contribution in [2.45, 2.75) is 32.2 Å². The number of benzene rings is 2. The van der Waals surface area contributed by atoms with Crippen LogP contribution in [0.4, 0.5) is 5.69 Å². The fourth-order valence-electron chi connectivity index (χ4n) is 5.47. The third-order valence-electron chi connectivity index (χ3n) is 7.54. The molecular formula is C33H39N3O8. The Kier molecular flexibility index (Phi) is 10.5. The normalized spacial score (nSPS) is 13.4. The molecule has 3 N–H and O–H groups in total. The van der Waals surface area contributed by atoms with Crippen molar-refractivity contribution in [1.29, 1.82) is 0 Å². The van der Waals surface area contributed by atoms with E-state index in [2.05, 4.69) is 16.0 Å². The van der Waals surface area contributed by atoms with Gasteiger partial charge in [0.2, 0.25) is 23.0 Å². The van der Waals surface area contributed by atoms with Crippen molar-refractivity contribution in [3.8, 4) is 39.9 Å². The quantitative estimate of drug-likeness (QED) is 0.283. The van der Waals surface area contributed by atoms with Gasteiger partial charge >= 0.3 is 0 Å². The Balaban J connectivity index is 1.59. The van der Waals surface area contributed by atoms with Gasteiger partial charge in [-0.3, -0.25) is 14.4 Å². The van der Waals surface area contributed by atoms with Crippen LogP contribution in [0.2, 0.25) is 0 Å². The van der Waals surface area contributed by atoms with Crippen LogP contribution in [0.15, 0.2) is 47.3 Å². The van der Waals surface area contributed by atoms with Crippen molar-refractivity contribution in [1.82, 2.24) is 10.6 Å². The molecule has 3 aromatic carbocycles. The number of ether oxygens (including phenoxy) is 5. The first-order valence-corrected chi connectivity index (χ1v) is 14.2. The predicted octanol–water partition coefficient (Wildman–Crippen LogP) is 3.65. The van der Waals surface area contributed by atoms with Gasteiger partial charge in [0.05, 0.1) is 53.8 Å². The number of rotatable bonds is 12. The molecule has 1 aliphatic carbocycles. The number of anilines is 1. The zero-order valence-corrected chi connectivity index (χ0v) is 25.9. The number of fused-ring (bicyclic) bond motifs is 3. The Labute approximate surface area is 256 Å². The van der Waals surface area contributed by atoms with Crippen LogP contribution in [0.5, 0.6) is 28.7 Å². The molecule has 1 unspecified atom stereocenters. The Morgan fingerprint density at radius 2 is 1.57 bits per heavy atom. The lowest BCUT2D eigenvalue weighted by atomic mass is 9.95. The van der Waals surface area contributed by atoms with Crippen molar-refractivity contribution in [3.63, 3.8) is 0 Å². The number of carbonyl (C=O) groups excluding carboxylic acids is 2. The van der Waals surface area contributed by atoms with Crippen molar-refractivity contribution in [2.75, 3.05) is 54.0 Å². The highest BCUT2D eigenvalue weighted by atomic mass is 16.5. The number of methoxy groups -OCH3 is 5. The second-order valence-corrected chi connectivity index (χ2v) is 10.2. The lowest BCUT2D eigenvalue weighted by Crippen LogP contribution is -2.32. The molecule has 11 nitrogen and oxygen atoms in total. The molecule has 0 aliphatic heterocycles. The van der Waals surface area contributed by atoms with Crippen molar-refractivity contribution in [2.24, 2.45) is 0 Å². The van der Waals surface area contributed by atoms with E-state index in [0.29, 0.717) is 65.7 Å². The lowest BCUT2D eigenvalue weighted by Gasteiger charge is -2.19. The third kappa shape index (κ3) is 6.99. The summed E-state index contributed by atoms with van der Waals surface area (Å²) in [5, 5.41) is 8.84. The second-order valence-electron chi connectivity index (χ2n) is 10.2. The fourth-order valence-corrected chi connectivity index (χ4v) is 5.47. The Hall–Kier alpha value is -4.93. The van der Waals surface area contributed by atoms with Crippen molar-refractivity contribution in [3.05, 3.63) is 69.4 Å². The van der Waals surface area contributed by atoms with E-state index < -0.39 is 6.04 Å². The van der Waals surface area contributed by atoms with E-state index in [1.54, 1.807) is 40.6 Å². The van der Waals surface area contributed by atoms with Gasteiger partial charge in [0.1, 0.15) is 0 Å². The van der Waals surface area contributed by atoms with E-state index in [4.69, 9.17) is 23.7 Å². The van der Waals surface area contributed by atoms with Crippen LogP contribution in [0, 0.1) is 0 Å². The summed E-state index contributed by atoms with van der Waals surface area (Å²) in [7, 11) is 7.79. The van der Waals surface area contributed by atoms with Gasteiger partial charge in [0, 0.05) is 19.0 Å². The van der Waals surface area contributed by atoms with E-state index in [0.717, 1.165) is 16.7 Å². The van der Waals surface area contributed by atoms with Gasteiger partial charge in [-0.15, -0.1) is 0 Å². The number of aryl methyl sites for hydroxylation is 1. The van der Waals surface area contributed by atoms with Crippen LogP contribution < -0.4 is 45.1 Å². The van der Waals surface area contributed by atoms with E-state index in [1.165, 1.54) is 20.1 Å². The van der Waals surface area contributed by atoms with Crippen LogP contribution in [0.3, 0.4) is 0 Å². The first kappa shape index (κ1) is 32.0. The molecule has 0 aromatic heterocycles. The van der Waals surface area contributed by atoms with Gasteiger partial charge < -0.3 is 39.6 Å². The maximum absolute atomic E-state index is 13.4. The van der Waals surface area contributed by atoms with E-state index in [9.17, 15) is 14.4 Å². The van der Waals surface area contributed by atoms with Gasteiger partial charge in [0.15, 0.2) is 23.0 Å². The third-order valence-corrected chi connectivity index (χ3v) is 7.54. The van der Waals surface area contributed by atoms with Crippen LogP contribution in [-0.4, -0.2) is 60.5 Å². The van der Waals surface area contributed by atoms with E-state index >= 15 is 0 Å². The molecule has 2 amide bonds. The Morgan fingerprint density at radius 3 is 2.23 bits per heavy atom. The average molecular weight is 606 g/mol. The first-order valence-electron chi connectivity index (χ1n) is 14.2. The van der Waals surface area contributed by atoms with Gasteiger partial charge in [-0.1, -0.05) is 12.1 Å². The summed E-state index contributed by atoms with van der Waals surface area (Å²) in [5.74, 6) is 2.19. The molecule has 0 saturated heterocycles. The van der Waals surface area contributed by atoms with Crippen molar-refractivity contribution >= 4 is 17.5 Å². The van der Waals surface area contributed by atoms with Gasteiger partial charge in [0.25, 0.3) is 0 Å². The number of hydrogen-bond acceptors (Lipinski definition) is 9. The maximum atomic E-state index is 13.4. The molecule has 0 heterocycles. The molecule has 234 valence electrons. The molecule has 4 rings (SSSR count). The van der Waals surface area contributed by atoms with Gasteiger partial charge in [-0.05, 0) is 71.8 Å². The minimum absolute atomic E-state index is 0.101. The van der Waals surface area contributed by atoms with Crippen LogP contribution in [0.1, 0.15) is 36.1 Å². The summed E-state index contributed by atoms with van der Waals surface area (Å²) >= 11 is 0. The monoisotopic (exact) mass is 605 g/mol. The molecule has 3 aromatic rings. The molecule has 44 heavy (non-hydrogen) atoms. The Morgan fingerprint density at radius 1 is 0.841 bits per heavy atom. The number of hydrogen-bond donors (Lipinski definition) is 3. The zero-order chi connectivity index (χ0) is 31.8. The maximum Gasteiger partial charge on any atom is 0.239 e. The Bertz CT molecular complexity index is 1590. The predicted molar refractivity (Wildman–Crippen MR) is 167 cm³/mol. The largest absolute Gasteiger partial charge is 0.493 e. The molecule has 1 atom stereocenters. The molecule has 11 heteroatoms. The SMILES string of the molecule is COc1ccc(CCNC(=O)CNc2ccc3c(cc2=O)C(NC(C)=O)CCc2cc(OC)c(OC)c(OC)c2-3)cc1OC. The molecule has 0 saturated carbocycles. The highest BCUT2D eigenvalue weighted by Gasteiger charge is 2.29. The summed E-state index contributed by atoms with van der Waals surface area (Å²) in [5.41, 5.74) is 3.94. The highest BCUT2D eigenvalue weighted by molar-refractivity contribution is 5.84. The molecule has 0 radical (unpaired) electrons. The summed E-state index contributed by atoms with van der Waals surface area (Å²) in [4.78, 5) is 38.3. The molecule has 0 spiro atoms. The van der Waals surface area contributed by atoms with E-state index in [1.807, 2.05) is 24.3 Å². The molecule has 1 aliphatic rings. The summed E-state index contributed by atoms with van der Waals surface area (Å²) in [6.07, 6.45) is 1.73. The topological polar surface area (TPSA) is 133 Å². The second kappa shape index (κ2) is 14.5. The number of nitrogens with one attached hydrogen (secondary N) is 3. The molecule has 0 fully saturated rings. The summed E-state index contributed by atoms with van der Waals surface area (Å²) in [6.45, 7) is 1.75. The number of carbonyl (C=O) groups is 2. The van der Waals surface area contributed by atoms with Crippen molar-refractivity contribution < 1.29 is 33.3 Å². The minimum Gasteiger partial charge on any atom is -0.493 e. The van der Waals surface area contributed by atoms with Crippen LogP contribution >= 0.6 is 0 Å². The highest BCUT2D eigenvalue weighted by Crippen LogP contribution is 2.50. The average Bonchev–Trinajstić information content (AvgIpc) is 3.26. The minimum atomic E-state index is -0.426.